The van der Waals surface area contributed by atoms with Crippen molar-refractivity contribution in [3.8, 4) is 0 Å². The topological polar surface area (TPSA) is 20.3 Å². The van der Waals surface area contributed by atoms with Crippen molar-refractivity contribution in [1.29, 1.82) is 0 Å². The van der Waals surface area contributed by atoms with Crippen molar-refractivity contribution < 1.29 is 18.0 Å². The summed E-state index contributed by atoms with van der Waals surface area (Å²) in [6, 6.07) is 0. The Hall–Kier alpha value is -0.580. The van der Waals surface area contributed by atoms with Gasteiger partial charge in [0.1, 0.15) is 0 Å². The van der Waals surface area contributed by atoms with Crippen molar-refractivity contribution >= 4 is 5.78 Å². The fourth-order valence-electron chi connectivity index (χ4n) is 2.37. The lowest BCUT2D eigenvalue weighted by Crippen LogP contribution is -2.50. The molecule has 5 heteroatoms. The Labute approximate surface area is 107 Å². The second-order valence-electron chi connectivity index (χ2n) is 5.50. The van der Waals surface area contributed by atoms with E-state index >= 15 is 0 Å². The van der Waals surface area contributed by atoms with E-state index in [0.717, 1.165) is 38.8 Å². The molecule has 0 atom stereocenters. The average Bonchev–Trinajstić information content (AvgIpc) is 2.53. The van der Waals surface area contributed by atoms with E-state index in [4.69, 9.17) is 0 Å². The Bertz CT molecular complexity index is 278. The van der Waals surface area contributed by atoms with Crippen molar-refractivity contribution in [1.82, 2.24) is 4.90 Å². The Morgan fingerprint density at radius 2 is 1.56 bits per heavy atom. The number of alkyl halides is 3. The Morgan fingerprint density at radius 1 is 1.06 bits per heavy atom. The third-order valence-corrected chi connectivity index (χ3v) is 3.71. The molecule has 0 radical (unpaired) electrons. The summed E-state index contributed by atoms with van der Waals surface area (Å²) in [6.07, 6.45) is -1.33. The summed E-state index contributed by atoms with van der Waals surface area (Å²) in [5, 5.41) is 0. The highest BCUT2D eigenvalue weighted by molar-refractivity contribution is 5.87. The molecule has 1 heterocycles. The van der Waals surface area contributed by atoms with Gasteiger partial charge in [0.25, 0.3) is 0 Å². The smallest absolute Gasteiger partial charge is 0.298 e. The summed E-state index contributed by atoms with van der Waals surface area (Å²) in [4.78, 5) is 14.0. The van der Waals surface area contributed by atoms with Gasteiger partial charge in [-0.1, -0.05) is 12.8 Å². The number of likely N-dealkylation sites (tertiary alicyclic amines) is 1. The number of hydrogen-bond donors (Lipinski definition) is 0. The molecule has 0 spiro atoms. The van der Waals surface area contributed by atoms with Crippen LogP contribution in [0.15, 0.2) is 0 Å². The number of ketones is 1. The first-order valence-corrected chi connectivity index (χ1v) is 6.58. The van der Waals surface area contributed by atoms with Crippen LogP contribution < -0.4 is 0 Å². The largest absolute Gasteiger partial charge is 0.389 e. The summed E-state index contributed by atoms with van der Waals surface area (Å²) in [7, 11) is 0. The third kappa shape index (κ3) is 4.59. The lowest BCUT2D eigenvalue weighted by atomic mass is 9.93. The molecule has 1 saturated heterocycles. The van der Waals surface area contributed by atoms with Gasteiger partial charge in [-0.2, -0.15) is 13.2 Å². The van der Waals surface area contributed by atoms with Crippen LogP contribution in [-0.4, -0.2) is 35.5 Å². The second kappa shape index (κ2) is 6.04. The maximum atomic E-state index is 12.1. The van der Waals surface area contributed by atoms with Crippen molar-refractivity contribution in [2.45, 2.75) is 64.1 Å². The van der Waals surface area contributed by atoms with Crippen LogP contribution in [-0.2, 0) is 4.79 Å². The van der Waals surface area contributed by atoms with Gasteiger partial charge < -0.3 is 0 Å². The lowest BCUT2D eigenvalue weighted by Gasteiger charge is -2.36. The van der Waals surface area contributed by atoms with E-state index in [0.29, 0.717) is 0 Å². The summed E-state index contributed by atoms with van der Waals surface area (Å²) in [5.41, 5.74) is -0.768. The zero-order valence-corrected chi connectivity index (χ0v) is 11.1. The van der Waals surface area contributed by atoms with E-state index in [-0.39, 0.29) is 5.78 Å². The van der Waals surface area contributed by atoms with Crippen LogP contribution in [0.3, 0.4) is 0 Å². The van der Waals surface area contributed by atoms with Gasteiger partial charge in [0.05, 0.1) is 12.0 Å². The fraction of sp³-hybridized carbons (Fsp3) is 0.923. The van der Waals surface area contributed by atoms with Gasteiger partial charge in [0.2, 0.25) is 0 Å². The standard InChI is InChI=1S/C13H22F3NO/c1-12(2,11(18)7-8-13(14,15)16)17-9-5-3-4-6-10-17/h3-10H2,1-2H3. The maximum absolute atomic E-state index is 12.1. The van der Waals surface area contributed by atoms with Crippen LogP contribution in [0.1, 0.15) is 52.4 Å². The van der Waals surface area contributed by atoms with Gasteiger partial charge >= 0.3 is 6.18 Å². The van der Waals surface area contributed by atoms with E-state index in [1.54, 1.807) is 13.8 Å². The molecule has 0 aromatic rings. The van der Waals surface area contributed by atoms with Gasteiger partial charge in [-0.25, -0.2) is 0 Å². The van der Waals surface area contributed by atoms with Crippen molar-refractivity contribution in [2.24, 2.45) is 0 Å². The van der Waals surface area contributed by atoms with Crippen molar-refractivity contribution in [2.75, 3.05) is 13.1 Å². The molecule has 1 fully saturated rings. The van der Waals surface area contributed by atoms with Gasteiger partial charge in [0, 0.05) is 6.42 Å². The van der Waals surface area contributed by atoms with Crippen LogP contribution in [0.4, 0.5) is 13.2 Å². The monoisotopic (exact) mass is 265 g/mol. The molecule has 0 saturated carbocycles. The average molecular weight is 265 g/mol. The minimum absolute atomic E-state index is 0.304. The molecular formula is C13H22F3NO. The molecule has 0 bridgehead atoms. The first-order chi connectivity index (χ1) is 8.23. The van der Waals surface area contributed by atoms with Crippen LogP contribution in [0, 0.1) is 0 Å². The molecule has 0 N–H and O–H groups in total. The van der Waals surface area contributed by atoms with E-state index in [1.807, 2.05) is 4.90 Å². The highest BCUT2D eigenvalue weighted by Gasteiger charge is 2.37. The van der Waals surface area contributed by atoms with Crippen molar-refractivity contribution in [3.05, 3.63) is 0 Å². The molecule has 0 aromatic heterocycles. The molecule has 1 aliphatic rings. The number of Topliss-reactive ketones (excluding diaryl/α,β-unsaturated/α-hetero) is 1. The summed E-state index contributed by atoms with van der Waals surface area (Å²) < 4.78 is 36.4. The van der Waals surface area contributed by atoms with Gasteiger partial charge in [-0.15, -0.1) is 0 Å². The Kier molecular flexibility index (Phi) is 5.20. The molecule has 1 rings (SSSR count). The molecule has 2 nitrogen and oxygen atoms in total. The molecule has 106 valence electrons. The summed E-state index contributed by atoms with van der Waals surface area (Å²) in [6.45, 7) is 5.11. The minimum Gasteiger partial charge on any atom is -0.298 e. The van der Waals surface area contributed by atoms with Crippen LogP contribution in [0.2, 0.25) is 0 Å². The summed E-state index contributed by atoms with van der Waals surface area (Å²) in [5.74, 6) is -0.304. The predicted molar refractivity (Wildman–Crippen MR) is 64.4 cm³/mol. The molecule has 1 aliphatic heterocycles. The normalized spacial score (nSPS) is 19.6. The van der Waals surface area contributed by atoms with E-state index in [1.165, 1.54) is 0 Å². The first-order valence-electron chi connectivity index (χ1n) is 6.58. The Balaban J connectivity index is 2.57. The molecule has 0 aromatic carbocycles. The van der Waals surface area contributed by atoms with Gasteiger partial charge in [0.15, 0.2) is 5.78 Å². The zero-order valence-electron chi connectivity index (χ0n) is 11.1. The number of carbonyl (C=O) groups is 1. The van der Waals surface area contributed by atoms with Crippen LogP contribution in [0.5, 0.6) is 0 Å². The highest BCUT2D eigenvalue weighted by Crippen LogP contribution is 2.27. The van der Waals surface area contributed by atoms with Crippen LogP contribution >= 0.6 is 0 Å². The Morgan fingerprint density at radius 3 is 2.00 bits per heavy atom. The zero-order chi connectivity index (χ0) is 13.8. The number of carbonyl (C=O) groups excluding carboxylic acids is 1. The van der Waals surface area contributed by atoms with E-state index in [2.05, 4.69) is 0 Å². The maximum Gasteiger partial charge on any atom is 0.389 e. The number of rotatable bonds is 4. The van der Waals surface area contributed by atoms with Gasteiger partial charge in [-0.05, 0) is 39.8 Å². The number of nitrogens with zero attached hydrogens (tertiary/aromatic N) is 1. The van der Waals surface area contributed by atoms with E-state index < -0.39 is 24.6 Å². The van der Waals surface area contributed by atoms with Crippen molar-refractivity contribution in [3.63, 3.8) is 0 Å². The predicted octanol–water partition coefficient (Wildman–Crippen LogP) is 3.55. The molecule has 18 heavy (non-hydrogen) atoms. The highest BCUT2D eigenvalue weighted by atomic mass is 19.4. The lowest BCUT2D eigenvalue weighted by molar-refractivity contribution is -0.147. The first kappa shape index (κ1) is 15.5. The molecular weight excluding hydrogens is 243 g/mol. The quantitative estimate of drug-likeness (QED) is 0.774. The van der Waals surface area contributed by atoms with Crippen LogP contribution in [0.25, 0.3) is 0 Å². The van der Waals surface area contributed by atoms with E-state index in [9.17, 15) is 18.0 Å². The molecule has 0 unspecified atom stereocenters. The second-order valence-corrected chi connectivity index (χ2v) is 5.50. The summed E-state index contributed by atoms with van der Waals surface area (Å²) >= 11 is 0. The van der Waals surface area contributed by atoms with Gasteiger partial charge in [-0.3, -0.25) is 9.69 Å². The third-order valence-electron chi connectivity index (χ3n) is 3.71. The number of hydrogen-bond acceptors (Lipinski definition) is 2. The number of halogens is 3. The minimum atomic E-state index is -4.25. The molecule has 0 amide bonds. The molecule has 0 aliphatic carbocycles. The fourth-order valence-corrected chi connectivity index (χ4v) is 2.37. The SMILES string of the molecule is CC(C)(C(=O)CCC(F)(F)F)N1CCCCCC1.